The molecule has 0 fully saturated rings. The lowest BCUT2D eigenvalue weighted by atomic mass is 9.90. The molecule has 1 N–H and O–H groups in total. The summed E-state index contributed by atoms with van der Waals surface area (Å²) in [5.41, 5.74) is 3.50. The third kappa shape index (κ3) is 5.26. The number of halogens is 1. The normalized spacial score (nSPS) is 12.8. The molecule has 0 bridgehead atoms. The van der Waals surface area contributed by atoms with E-state index in [-0.39, 0.29) is 24.8 Å². The highest BCUT2D eigenvalue weighted by atomic mass is 79.9. The number of ketones is 1. The summed E-state index contributed by atoms with van der Waals surface area (Å²) in [4.78, 5) is 36.0. The van der Waals surface area contributed by atoms with Crippen LogP contribution in [0.3, 0.4) is 0 Å². The van der Waals surface area contributed by atoms with Gasteiger partial charge in [0, 0.05) is 15.6 Å². The summed E-state index contributed by atoms with van der Waals surface area (Å²) >= 11 is 3.29. The minimum atomic E-state index is -0.647. The summed E-state index contributed by atoms with van der Waals surface area (Å²) in [5.74, 6) is -1.26. The molecule has 0 atom stereocenters. The Balaban J connectivity index is 1.46. The van der Waals surface area contributed by atoms with Crippen molar-refractivity contribution in [3.8, 4) is 0 Å². The van der Waals surface area contributed by atoms with Gasteiger partial charge in [0.1, 0.15) is 6.54 Å². The molecule has 0 unspecified atom stereocenters. The predicted molar refractivity (Wildman–Crippen MR) is 105 cm³/mol. The van der Waals surface area contributed by atoms with E-state index in [2.05, 4.69) is 21.2 Å². The molecule has 27 heavy (non-hydrogen) atoms. The number of nitrogens with one attached hydrogen (secondary N) is 1. The van der Waals surface area contributed by atoms with E-state index < -0.39 is 5.97 Å². The Bertz CT molecular complexity index is 861. The summed E-state index contributed by atoms with van der Waals surface area (Å²) in [5, 5.41) is 2.48. The lowest BCUT2D eigenvalue weighted by Gasteiger charge is -2.16. The molecule has 1 amide bonds. The van der Waals surface area contributed by atoms with Gasteiger partial charge in [-0.15, -0.1) is 0 Å². The van der Waals surface area contributed by atoms with Crippen molar-refractivity contribution in [1.82, 2.24) is 5.32 Å². The van der Waals surface area contributed by atoms with E-state index in [0.29, 0.717) is 11.1 Å². The maximum atomic E-state index is 12.3. The van der Waals surface area contributed by atoms with Crippen LogP contribution in [-0.2, 0) is 22.4 Å². The molecule has 2 aromatic carbocycles. The lowest BCUT2D eigenvalue weighted by Crippen LogP contribution is -2.31. The number of Topliss-reactive ketones (excluding diaryl/α,β-unsaturated/α-hetero) is 1. The first-order valence-electron chi connectivity index (χ1n) is 8.87. The maximum absolute atomic E-state index is 12.3. The molecule has 0 radical (unpaired) electrons. The fourth-order valence-electron chi connectivity index (χ4n) is 3.04. The van der Waals surface area contributed by atoms with Gasteiger partial charge in [-0.25, -0.2) is 0 Å². The Hall–Kier alpha value is -2.47. The molecule has 0 heterocycles. The number of hydrogen-bond donors (Lipinski definition) is 1. The van der Waals surface area contributed by atoms with Gasteiger partial charge in [-0.05, 0) is 67.1 Å². The second-order valence-electron chi connectivity index (χ2n) is 6.46. The highest BCUT2D eigenvalue weighted by molar-refractivity contribution is 9.10. The topological polar surface area (TPSA) is 72.5 Å². The van der Waals surface area contributed by atoms with Gasteiger partial charge in [0.15, 0.2) is 12.4 Å². The fraction of sp³-hybridized carbons (Fsp3) is 0.286. The largest absolute Gasteiger partial charge is 0.456 e. The standard InChI is InChI=1S/C21H20BrNO4/c22-18-9-7-15(8-10-18)21(26)23-12-20(25)27-13-19(24)17-6-5-14-3-1-2-4-16(14)11-17/h5-11H,1-4,12-13H2,(H,23,26). The summed E-state index contributed by atoms with van der Waals surface area (Å²) in [7, 11) is 0. The van der Waals surface area contributed by atoms with E-state index in [9.17, 15) is 14.4 Å². The number of ether oxygens (including phenoxy) is 1. The van der Waals surface area contributed by atoms with E-state index in [4.69, 9.17) is 4.74 Å². The van der Waals surface area contributed by atoms with Gasteiger partial charge in [-0.3, -0.25) is 14.4 Å². The molecule has 0 saturated carbocycles. The van der Waals surface area contributed by atoms with Crippen LogP contribution >= 0.6 is 15.9 Å². The van der Waals surface area contributed by atoms with Crippen molar-refractivity contribution in [3.63, 3.8) is 0 Å². The number of rotatable bonds is 6. The van der Waals surface area contributed by atoms with Crippen LogP contribution < -0.4 is 5.32 Å². The first kappa shape index (κ1) is 19.3. The lowest BCUT2D eigenvalue weighted by molar-refractivity contribution is -0.141. The van der Waals surface area contributed by atoms with Crippen LogP contribution in [0.4, 0.5) is 0 Å². The van der Waals surface area contributed by atoms with Crippen molar-refractivity contribution in [2.24, 2.45) is 0 Å². The summed E-state index contributed by atoms with van der Waals surface area (Å²) in [6.45, 7) is -0.613. The smallest absolute Gasteiger partial charge is 0.325 e. The van der Waals surface area contributed by atoms with E-state index >= 15 is 0 Å². The van der Waals surface area contributed by atoms with Crippen LogP contribution in [0, 0.1) is 0 Å². The second-order valence-corrected chi connectivity index (χ2v) is 7.38. The average Bonchev–Trinajstić information content (AvgIpc) is 2.70. The van der Waals surface area contributed by atoms with Gasteiger partial charge in [0.05, 0.1) is 0 Å². The number of esters is 1. The first-order chi connectivity index (χ1) is 13.0. The molecule has 3 rings (SSSR count). The van der Waals surface area contributed by atoms with E-state index in [1.807, 2.05) is 12.1 Å². The van der Waals surface area contributed by atoms with Crippen LogP contribution in [0.1, 0.15) is 44.7 Å². The zero-order valence-corrected chi connectivity index (χ0v) is 16.4. The van der Waals surface area contributed by atoms with Gasteiger partial charge in [-0.2, -0.15) is 0 Å². The van der Waals surface area contributed by atoms with Crippen molar-refractivity contribution in [2.45, 2.75) is 25.7 Å². The quantitative estimate of drug-likeness (QED) is 0.563. The highest BCUT2D eigenvalue weighted by Crippen LogP contribution is 2.22. The molecule has 6 heteroatoms. The van der Waals surface area contributed by atoms with Crippen molar-refractivity contribution >= 4 is 33.6 Å². The zero-order chi connectivity index (χ0) is 19.2. The van der Waals surface area contributed by atoms with E-state index in [0.717, 1.165) is 23.7 Å². The number of carbonyl (C=O) groups excluding carboxylic acids is 3. The van der Waals surface area contributed by atoms with E-state index in [1.165, 1.54) is 17.5 Å². The SMILES string of the molecule is O=C(CNC(=O)c1ccc(Br)cc1)OCC(=O)c1ccc2c(c1)CCCC2. The van der Waals surface area contributed by atoms with Crippen molar-refractivity contribution < 1.29 is 19.1 Å². The van der Waals surface area contributed by atoms with Crippen LogP contribution in [0.5, 0.6) is 0 Å². The number of fused-ring (bicyclic) bond motifs is 1. The Labute approximate surface area is 166 Å². The molecular weight excluding hydrogens is 410 g/mol. The van der Waals surface area contributed by atoms with Gasteiger partial charge < -0.3 is 10.1 Å². The van der Waals surface area contributed by atoms with Gasteiger partial charge in [0.2, 0.25) is 0 Å². The highest BCUT2D eigenvalue weighted by Gasteiger charge is 2.15. The molecule has 0 saturated heterocycles. The molecule has 0 spiro atoms. The number of aryl methyl sites for hydroxylation is 2. The third-order valence-corrected chi connectivity index (χ3v) is 5.06. The van der Waals surface area contributed by atoms with Crippen LogP contribution in [0.2, 0.25) is 0 Å². The second kappa shape index (κ2) is 8.95. The van der Waals surface area contributed by atoms with Gasteiger partial charge >= 0.3 is 5.97 Å². The van der Waals surface area contributed by atoms with Crippen molar-refractivity contribution in [2.75, 3.05) is 13.2 Å². The zero-order valence-electron chi connectivity index (χ0n) is 14.8. The molecule has 140 valence electrons. The van der Waals surface area contributed by atoms with Crippen LogP contribution in [0.15, 0.2) is 46.9 Å². The Morgan fingerprint density at radius 2 is 1.59 bits per heavy atom. The minimum Gasteiger partial charge on any atom is -0.456 e. The van der Waals surface area contributed by atoms with Crippen LogP contribution in [0.25, 0.3) is 0 Å². The van der Waals surface area contributed by atoms with Crippen molar-refractivity contribution in [3.05, 3.63) is 69.2 Å². The summed E-state index contributed by atoms with van der Waals surface area (Å²) in [6, 6.07) is 12.4. The maximum Gasteiger partial charge on any atom is 0.325 e. The molecule has 0 aliphatic heterocycles. The Morgan fingerprint density at radius 3 is 2.33 bits per heavy atom. The van der Waals surface area contributed by atoms with Crippen LogP contribution in [-0.4, -0.2) is 30.8 Å². The van der Waals surface area contributed by atoms with Gasteiger partial charge in [0.25, 0.3) is 5.91 Å². The fourth-order valence-corrected chi connectivity index (χ4v) is 3.31. The number of carbonyl (C=O) groups is 3. The Kier molecular flexibility index (Phi) is 6.40. The molecule has 1 aliphatic carbocycles. The average molecular weight is 430 g/mol. The molecule has 5 nitrogen and oxygen atoms in total. The van der Waals surface area contributed by atoms with Gasteiger partial charge in [-0.1, -0.05) is 28.1 Å². The molecule has 0 aromatic heterocycles. The predicted octanol–water partition coefficient (Wildman–Crippen LogP) is 3.48. The third-order valence-electron chi connectivity index (χ3n) is 4.53. The molecular formula is C21H20BrNO4. The van der Waals surface area contributed by atoms with Crippen molar-refractivity contribution in [1.29, 1.82) is 0 Å². The molecule has 1 aliphatic rings. The monoisotopic (exact) mass is 429 g/mol. The number of amides is 1. The van der Waals surface area contributed by atoms with E-state index in [1.54, 1.807) is 30.3 Å². The Morgan fingerprint density at radius 1 is 0.926 bits per heavy atom. The summed E-state index contributed by atoms with van der Waals surface area (Å²) < 4.78 is 5.86. The minimum absolute atomic E-state index is 0.240. The molecule has 2 aromatic rings. The summed E-state index contributed by atoms with van der Waals surface area (Å²) in [6.07, 6.45) is 4.36. The number of hydrogen-bond acceptors (Lipinski definition) is 4. The number of benzene rings is 2. The first-order valence-corrected chi connectivity index (χ1v) is 9.66.